The molecule has 4 nitrogen and oxygen atoms in total. The summed E-state index contributed by atoms with van der Waals surface area (Å²) >= 11 is 0. The molecule has 4 heteroatoms. The molecule has 1 N–H and O–H groups in total. The van der Waals surface area contributed by atoms with Crippen molar-refractivity contribution in [1.29, 1.82) is 0 Å². The Labute approximate surface area is 89.1 Å². The van der Waals surface area contributed by atoms with Crippen LogP contribution in [-0.2, 0) is 14.4 Å². The lowest BCUT2D eigenvalue weighted by molar-refractivity contribution is -0.149. The Morgan fingerprint density at radius 3 is 2.60 bits per heavy atom. The molecule has 15 heavy (non-hydrogen) atoms. The number of rotatable bonds is 5. The normalized spacial score (nSPS) is 12.1. The molecule has 0 saturated carbocycles. The first-order chi connectivity index (χ1) is 7.29. The summed E-state index contributed by atoms with van der Waals surface area (Å²) in [6, 6.07) is 8.72. The molecular weight excluding hydrogens is 194 g/mol. The molecule has 1 aromatic carbocycles. The Bertz CT molecular complexity index is 300. The average molecular weight is 209 g/mol. The zero-order valence-electron chi connectivity index (χ0n) is 8.90. The van der Waals surface area contributed by atoms with Crippen LogP contribution in [0.4, 0.5) is 0 Å². The van der Waals surface area contributed by atoms with Gasteiger partial charge in [0.1, 0.15) is 0 Å². The summed E-state index contributed by atoms with van der Waals surface area (Å²) in [6.07, 6.45) is 0. The molecule has 1 unspecified atom stereocenters. The molecule has 0 fully saturated rings. The van der Waals surface area contributed by atoms with Gasteiger partial charge in [0.15, 0.2) is 6.04 Å². The Morgan fingerprint density at radius 2 is 2.07 bits per heavy atom. The van der Waals surface area contributed by atoms with Crippen molar-refractivity contribution in [2.45, 2.75) is 13.0 Å². The van der Waals surface area contributed by atoms with Crippen molar-refractivity contribution in [3.63, 3.8) is 0 Å². The van der Waals surface area contributed by atoms with Crippen LogP contribution in [0.1, 0.15) is 18.5 Å². The lowest BCUT2D eigenvalue weighted by Gasteiger charge is -2.15. The Hall–Kier alpha value is -1.39. The number of carbonyl (C=O) groups excluding carboxylic acids is 1. The fourth-order valence-electron chi connectivity index (χ4n) is 1.24. The van der Waals surface area contributed by atoms with E-state index in [9.17, 15) is 4.79 Å². The molecule has 0 bridgehead atoms. The third-order valence-electron chi connectivity index (χ3n) is 1.89. The number of hydroxylamine groups is 1. The molecule has 0 heterocycles. The monoisotopic (exact) mass is 209 g/mol. The molecule has 0 amide bonds. The first-order valence-electron chi connectivity index (χ1n) is 4.79. The van der Waals surface area contributed by atoms with Crippen molar-refractivity contribution in [1.82, 2.24) is 5.48 Å². The van der Waals surface area contributed by atoms with Crippen LogP contribution in [0.15, 0.2) is 30.3 Å². The van der Waals surface area contributed by atoms with E-state index in [4.69, 9.17) is 9.57 Å². The molecule has 0 radical (unpaired) electrons. The molecule has 1 rings (SSSR count). The molecule has 1 atom stereocenters. The van der Waals surface area contributed by atoms with Gasteiger partial charge in [-0.05, 0) is 12.5 Å². The lowest BCUT2D eigenvalue weighted by Crippen LogP contribution is -2.29. The van der Waals surface area contributed by atoms with Gasteiger partial charge in [0, 0.05) is 0 Å². The fourth-order valence-corrected chi connectivity index (χ4v) is 1.24. The van der Waals surface area contributed by atoms with Gasteiger partial charge in [-0.1, -0.05) is 30.3 Å². The number of esters is 1. The van der Waals surface area contributed by atoms with Gasteiger partial charge in [-0.15, -0.1) is 0 Å². The van der Waals surface area contributed by atoms with Crippen molar-refractivity contribution in [2.24, 2.45) is 0 Å². The van der Waals surface area contributed by atoms with Crippen LogP contribution in [0.5, 0.6) is 0 Å². The summed E-state index contributed by atoms with van der Waals surface area (Å²) in [7, 11) is 1.47. The molecule has 82 valence electrons. The highest BCUT2D eigenvalue weighted by Gasteiger charge is 2.20. The van der Waals surface area contributed by atoms with E-state index in [0.29, 0.717) is 6.61 Å². The molecule has 0 spiro atoms. The summed E-state index contributed by atoms with van der Waals surface area (Å²) in [6.45, 7) is 2.13. The predicted octanol–water partition coefficient (Wildman–Crippen LogP) is 1.44. The number of hydrogen-bond donors (Lipinski definition) is 1. The summed E-state index contributed by atoms with van der Waals surface area (Å²) in [5.41, 5.74) is 3.43. The molecule has 0 aliphatic rings. The minimum Gasteiger partial charge on any atom is -0.465 e. The zero-order valence-corrected chi connectivity index (χ0v) is 8.90. The number of carbonyl (C=O) groups is 1. The van der Waals surface area contributed by atoms with E-state index >= 15 is 0 Å². The Morgan fingerprint density at radius 1 is 1.40 bits per heavy atom. The second-order valence-corrected chi connectivity index (χ2v) is 2.92. The van der Waals surface area contributed by atoms with E-state index in [1.807, 2.05) is 30.3 Å². The third-order valence-corrected chi connectivity index (χ3v) is 1.89. The van der Waals surface area contributed by atoms with Gasteiger partial charge in [0.25, 0.3) is 0 Å². The van der Waals surface area contributed by atoms with E-state index < -0.39 is 6.04 Å². The highest BCUT2D eigenvalue weighted by Crippen LogP contribution is 2.13. The molecule has 0 aliphatic carbocycles. The maximum Gasteiger partial charge on any atom is 0.330 e. The summed E-state index contributed by atoms with van der Waals surface area (Å²) in [4.78, 5) is 16.3. The van der Waals surface area contributed by atoms with Crippen molar-refractivity contribution >= 4 is 5.97 Å². The number of nitrogens with one attached hydrogen (secondary N) is 1. The predicted molar refractivity (Wildman–Crippen MR) is 56.0 cm³/mol. The minimum absolute atomic E-state index is 0.342. The summed E-state index contributed by atoms with van der Waals surface area (Å²) in [5, 5.41) is 0. The highest BCUT2D eigenvalue weighted by molar-refractivity contribution is 5.77. The van der Waals surface area contributed by atoms with E-state index in [-0.39, 0.29) is 5.97 Å². The van der Waals surface area contributed by atoms with Gasteiger partial charge in [0.05, 0.1) is 13.7 Å². The topological polar surface area (TPSA) is 47.6 Å². The first kappa shape index (κ1) is 11.7. The van der Waals surface area contributed by atoms with Crippen LogP contribution in [0.2, 0.25) is 0 Å². The quantitative estimate of drug-likeness (QED) is 0.589. The van der Waals surface area contributed by atoms with Crippen molar-refractivity contribution < 1.29 is 14.4 Å². The largest absolute Gasteiger partial charge is 0.465 e. The second-order valence-electron chi connectivity index (χ2n) is 2.92. The maximum absolute atomic E-state index is 11.6. The first-order valence-corrected chi connectivity index (χ1v) is 4.79. The van der Waals surface area contributed by atoms with E-state index in [1.54, 1.807) is 6.92 Å². The zero-order chi connectivity index (χ0) is 11.1. The molecule has 1 aromatic rings. The van der Waals surface area contributed by atoms with Crippen LogP contribution < -0.4 is 5.48 Å². The van der Waals surface area contributed by atoms with Gasteiger partial charge < -0.3 is 9.57 Å². The Kier molecular flexibility index (Phi) is 4.80. The van der Waals surface area contributed by atoms with Gasteiger partial charge >= 0.3 is 5.97 Å². The molecule has 0 aliphatic heterocycles. The molecule has 0 aromatic heterocycles. The summed E-state index contributed by atoms with van der Waals surface area (Å²) in [5.74, 6) is -0.342. The number of benzene rings is 1. The van der Waals surface area contributed by atoms with Crippen molar-refractivity contribution in [3.8, 4) is 0 Å². The fraction of sp³-hybridized carbons (Fsp3) is 0.364. The SMILES string of the molecule is CCOC(=O)C(NOC)c1ccccc1. The molecular formula is C11H15NO3. The third kappa shape index (κ3) is 3.34. The highest BCUT2D eigenvalue weighted by atomic mass is 16.6. The van der Waals surface area contributed by atoms with Crippen LogP contribution in [0, 0.1) is 0 Å². The van der Waals surface area contributed by atoms with Gasteiger partial charge in [0.2, 0.25) is 0 Å². The van der Waals surface area contributed by atoms with E-state index in [0.717, 1.165) is 5.56 Å². The summed E-state index contributed by atoms with van der Waals surface area (Å²) < 4.78 is 4.93. The van der Waals surface area contributed by atoms with Crippen LogP contribution >= 0.6 is 0 Å². The minimum atomic E-state index is -0.573. The van der Waals surface area contributed by atoms with Gasteiger partial charge in [-0.3, -0.25) is 0 Å². The average Bonchev–Trinajstić information content (AvgIpc) is 2.27. The lowest BCUT2D eigenvalue weighted by atomic mass is 10.1. The van der Waals surface area contributed by atoms with Crippen molar-refractivity contribution in [2.75, 3.05) is 13.7 Å². The van der Waals surface area contributed by atoms with E-state index in [1.165, 1.54) is 7.11 Å². The maximum atomic E-state index is 11.6. The van der Waals surface area contributed by atoms with E-state index in [2.05, 4.69) is 5.48 Å². The molecule has 0 saturated heterocycles. The van der Waals surface area contributed by atoms with Crippen LogP contribution in [0.3, 0.4) is 0 Å². The van der Waals surface area contributed by atoms with Crippen LogP contribution in [0.25, 0.3) is 0 Å². The van der Waals surface area contributed by atoms with Gasteiger partial charge in [-0.2, -0.15) is 5.48 Å². The smallest absolute Gasteiger partial charge is 0.330 e. The standard InChI is InChI=1S/C11H15NO3/c1-3-15-11(13)10(12-14-2)9-7-5-4-6-8-9/h4-8,10,12H,3H2,1-2H3. The second kappa shape index (κ2) is 6.16. The number of hydrogen-bond acceptors (Lipinski definition) is 4. The Balaban J connectivity index is 2.78. The van der Waals surface area contributed by atoms with Crippen molar-refractivity contribution in [3.05, 3.63) is 35.9 Å². The van der Waals surface area contributed by atoms with Crippen LogP contribution in [-0.4, -0.2) is 19.7 Å². The van der Waals surface area contributed by atoms with Gasteiger partial charge in [-0.25, -0.2) is 4.79 Å². The number of ether oxygens (including phenoxy) is 1.